The summed E-state index contributed by atoms with van der Waals surface area (Å²) in [7, 11) is 0. The number of benzene rings is 2. The van der Waals surface area contributed by atoms with Crippen molar-refractivity contribution in [3.8, 4) is 11.3 Å². The Morgan fingerprint density at radius 3 is 2.62 bits per heavy atom. The van der Waals surface area contributed by atoms with Crippen molar-refractivity contribution in [1.82, 2.24) is 5.32 Å². The quantitative estimate of drug-likeness (QED) is 0.656. The van der Waals surface area contributed by atoms with Crippen molar-refractivity contribution >= 4 is 16.9 Å². The normalized spacial score (nSPS) is 14.8. The molecule has 150 valence electrons. The van der Waals surface area contributed by atoms with Gasteiger partial charge in [0.1, 0.15) is 11.3 Å². The first-order chi connectivity index (χ1) is 14.1. The Labute approximate surface area is 169 Å². The Hall–Kier alpha value is -2.92. The van der Waals surface area contributed by atoms with E-state index in [0.717, 1.165) is 37.9 Å². The molecule has 2 heterocycles. The van der Waals surface area contributed by atoms with Gasteiger partial charge in [-0.25, -0.2) is 4.79 Å². The lowest BCUT2D eigenvalue weighted by Gasteiger charge is -2.22. The second-order valence-electron chi connectivity index (χ2n) is 7.55. The van der Waals surface area contributed by atoms with E-state index >= 15 is 0 Å². The Kier molecular flexibility index (Phi) is 5.76. The molecule has 2 aromatic carbocycles. The molecule has 0 spiro atoms. The molecule has 4 rings (SSSR count). The van der Waals surface area contributed by atoms with Crippen LogP contribution in [0.15, 0.2) is 57.7 Å². The van der Waals surface area contributed by atoms with E-state index in [-0.39, 0.29) is 11.0 Å². The SMILES string of the molecule is Cc1c(-c2ccccc2)oc2c(C(=O)OCCC3CCNCC3)cccc2c1=O. The van der Waals surface area contributed by atoms with Crippen LogP contribution >= 0.6 is 0 Å². The molecule has 0 amide bonds. The highest BCUT2D eigenvalue weighted by atomic mass is 16.5. The number of carbonyl (C=O) groups is 1. The van der Waals surface area contributed by atoms with Crippen LogP contribution in [-0.2, 0) is 4.74 Å². The molecule has 0 aliphatic carbocycles. The molecule has 5 nitrogen and oxygen atoms in total. The molecule has 1 aliphatic rings. The third kappa shape index (κ3) is 4.10. The van der Waals surface area contributed by atoms with Crippen LogP contribution in [0.4, 0.5) is 0 Å². The Balaban J connectivity index is 1.63. The summed E-state index contributed by atoms with van der Waals surface area (Å²) < 4.78 is 11.6. The maximum atomic E-state index is 12.9. The predicted octanol–water partition coefficient (Wildman–Crippen LogP) is 4.31. The number of rotatable bonds is 5. The van der Waals surface area contributed by atoms with Gasteiger partial charge in [-0.2, -0.15) is 0 Å². The van der Waals surface area contributed by atoms with Gasteiger partial charge in [-0.05, 0) is 57.3 Å². The Morgan fingerprint density at radius 2 is 1.86 bits per heavy atom. The molecule has 0 unspecified atom stereocenters. The molecule has 1 fully saturated rings. The van der Waals surface area contributed by atoms with Crippen molar-refractivity contribution < 1.29 is 13.9 Å². The van der Waals surface area contributed by atoms with Crippen LogP contribution in [0.2, 0.25) is 0 Å². The van der Waals surface area contributed by atoms with Crippen molar-refractivity contribution in [1.29, 1.82) is 0 Å². The third-order valence-corrected chi connectivity index (χ3v) is 5.62. The molecule has 1 aromatic heterocycles. The van der Waals surface area contributed by atoms with Crippen LogP contribution in [-0.4, -0.2) is 25.7 Å². The summed E-state index contributed by atoms with van der Waals surface area (Å²) in [6, 6.07) is 14.5. The molecular weight excluding hydrogens is 366 g/mol. The monoisotopic (exact) mass is 391 g/mol. The number of hydrogen-bond acceptors (Lipinski definition) is 5. The smallest absolute Gasteiger partial charge is 0.341 e. The second-order valence-corrected chi connectivity index (χ2v) is 7.55. The van der Waals surface area contributed by atoms with E-state index in [4.69, 9.17) is 9.15 Å². The van der Waals surface area contributed by atoms with E-state index in [2.05, 4.69) is 5.32 Å². The number of esters is 1. The largest absolute Gasteiger partial charge is 0.462 e. The van der Waals surface area contributed by atoms with E-state index in [0.29, 0.717) is 34.8 Å². The lowest BCUT2D eigenvalue weighted by atomic mass is 9.95. The lowest BCUT2D eigenvalue weighted by molar-refractivity contribution is 0.0477. The van der Waals surface area contributed by atoms with Gasteiger partial charge in [0.05, 0.1) is 12.0 Å². The van der Waals surface area contributed by atoms with Crippen molar-refractivity contribution in [2.75, 3.05) is 19.7 Å². The summed E-state index contributed by atoms with van der Waals surface area (Å²) in [5, 5.41) is 3.74. The minimum absolute atomic E-state index is 0.130. The van der Waals surface area contributed by atoms with E-state index in [9.17, 15) is 9.59 Å². The molecule has 0 saturated carbocycles. The standard InChI is InChI=1S/C24H25NO4/c1-16-21(26)19-8-5-9-20(23(19)29-22(16)18-6-3-2-4-7-18)24(27)28-15-12-17-10-13-25-14-11-17/h2-9,17,25H,10-15H2,1H3. The molecular formula is C24H25NO4. The van der Waals surface area contributed by atoms with Crippen molar-refractivity contribution in [2.24, 2.45) is 5.92 Å². The van der Waals surface area contributed by atoms with Gasteiger partial charge in [0.15, 0.2) is 11.0 Å². The summed E-state index contributed by atoms with van der Waals surface area (Å²) in [5.74, 6) is 0.621. The maximum Gasteiger partial charge on any atom is 0.341 e. The predicted molar refractivity (Wildman–Crippen MR) is 113 cm³/mol. The van der Waals surface area contributed by atoms with Crippen LogP contribution in [0.1, 0.15) is 35.2 Å². The van der Waals surface area contributed by atoms with Gasteiger partial charge in [-0.15, -0.1) is 0 Å². The van der Waals surface area contributed by atoms with E-state index in [1.807, 2.05) is 30.3 Å². The Morgan fingerprint density at radius 1 is 1.10 bits per heavy atom. The fourth-order valence-electron chi connectivity index (χ4n) is 3.90. The van der Waals surface area contributed by atoms with Crippen molar-refractivity contribution in [2.45, 2.75) is 26.2 Å². The fraction of sp³-hybridized carbons (Fsp3) is 0.333. The summed E-state index contributed by atoms with van der Waals surface area (Å²) in [4.78, 5) is 25.6. The van der Waals surface area contributed by atoms with Gasteiger partial charge in [-0.1, -0.05) is 36.4 Å². The Bertz CT molecular complexity index is 1070. The second kappa shape index (κ2) is 8.62. The molecule has 1 N–H and O–H groups in total. The van der Waals surface area contributed by atoms with E-state index in [1.54, 1.807) is 25.1 Å². The minimum atomic E-state index is -0.449. The van der Waals surface area contributed by atoms with Gasteiger partial charge in [0.2, 0.25) is 0 Å². The lowest BCUT2D eigenvalue weighted by Crippen LogP contribution is -2.28. The van der Waals surface area contributed by atoms with Crippen LogP contribution in [0, 0.1) is 12.8 Å². The van der Waals surface area contributed by atoms with E-state index in [1.165, 1.54) is 0 Å². The van der Waals surface area contributed by atoms with Crippen molar-refractivity contribution in [3.63, 3.8) is 0 Å². The van der Waals surface area contributed by atoms with Crippen LogP contribution in [0.25, 0.3) is 22.3 Å². The highest BCUT2D eigenvalue weighted by Gasteiger charge is 2.20. The molecule has 0 atom stereocenters. The zero-order valence-corrected chi connectivity index (χ0v) is 16.6. The van der Waals surface area contributed by atoms with Gasteiger partial charge >= 0.3 is 5.97 Å². The van der Waals surface area contributed by atoms with Gasteiger partial charge in [0, 0.05) is 11.1 Å². The summed E-state index contributed by atoms with van der Waals surface area (Å²) >= 11 is 0. The average Bonchev–Trinajstić information content (AvgIpc) is 2.77. The molecule has 0 bridgehead atoms. The van der Waals surface area contributed by atoms with Gasteiger partial charge < -0.3 is 14.5 Å². The summed E-state index contributed by atoms with van der Waals surface area (Å²) in [5.41, 5.74) is 1.78. The molecule has 0 radical (unpaired) electrons. The fourth-order valence-corrected chi connectivity index (χ4v) is 3.90. The number of nitrogens with one attached hydrogen (secondary N) is 1. The first-order valence-corrected chi connectivity index (χ1v) is 10.1. The molecule has 1 saturated heterocycles. The first kappa shape index (κ1) is 19.4. The average molecular weight is 391 g/mol. The minimum Gasteiger partial charge on any atom is -0.462 e. The number of fused-ring (bicyclic) bond motifs is 1. The zero-order valence-electron chi connectivity index (χ0n) is 16.6. The third-order valence-electron chi connectivity index (χ3n) is 5.62. The summed E-state index contributed by atoms with van der Waals surface area (Å²) in [6.45, 7) is 4.17. The zero-order chi connectivity index (χ0) is 20.2. The van der Waals surface area contributed by atoms with E-state index < -0.39 is 5.97 Å². The highest BCUT2D eigenvalue weighted by Crippen LogP contribution is 2.27. The van der Waals surface area contributed by atoms with Gasteiger partial charge in [0.25, 0.3) is 0 Å². The maximum absolute atomic E-state index is 12.9. The summed E-state index contributed by atoms with van der Waals surface area (Å²) in [6.07, 6.45) is 3.08. The number of hydrogen-bond donors (Lipinski definition) is 1. The van der Waals surface area contributed by atoms with Crippen LogP contribution in [0.5, 0.6) is 0 Å². The number of ether oxygens (including phenoxy) is 1. The van der Waals surface area contributed by atoms with Crippen molar-refractivity contribution in [3.05, 3.63) is 69.9 Å². The van der Waals surface area contributed by atoms with Gasteiger partial charge in [-0.3, -0.25) is 4.79 Å². The molecule has 29 heavy (non-hydrogen) atoms. The number of carbonyl (C=O) groups excluding carboxylic acids is 1. The van der Waals surface area contributed by atoms with Crippen LogP contribution in [0.3, 0.4) is 0 Å². The highest BCUT2D eigenvalue weighted by molar-refractivity contribution is 6.02. The molecule has 1 aliphatic heterocycles. The van der Waals surface area contributed by atoms with Crippen LogP contribution < -0.4 is 10.7 Å². The molecule has 3 aromatic rings. The molecule has 5 heteroatoms. The first-order valence-electron chi connectivity index (χ1n) is 10.1. The topological polar surface area (TPSA) is 68.5 Å². The number of piperidine rings is 1. The number of para-hydroxylation sites is 1.